The Hall–Kier alpha value is -0.550. The van der Waals surface area contributed by atoms with E-state index in [0.717, 1.165) is 42.6 Å². The van der Waals surface area contributed by atoms with Crippen molar-refractivity contribution < 1.29 is 4.52 Å². The standard InChI is InChI=1S/C12H21N3OS/c1-2-17-9-11-14-12(16-15-11)7-6-10-5-3-4-8-13-10/h10,13H,2-9H2,1H3. The fourth-order valence-electron chi connectivity index (χ4n) is 2.11. The van der Waals surface area contributed by atoms with Crippen molar-refractivity contribution in [3.8, 4) is 0 Å². The molecule has 1 N–H and O–H groups in total. The number of thioether (sulfide) groups is 1. The molecule has 5 heteroatoms. The Morgan fingerprint density at radius 2 is 2.41 bits per heavy atom. The largest absolute Gasteiger partial charge is 0.339 e. The monoisotopic (exact) mass is 255 g/mol. The average Bonchev–Trinajstić information content (AvgIpc) is 2.83. The van der Waals surface area contributed by atoms with E-state index in [4.69, 9.17) is 4.52 Å². The molecule has 1 unspecified atom stereocenters. The topological polar surface area (TPSA) is 51.0 Å². The lowest BCUT2D eigenvalue weighted by Gasteiger charge is -2.22. The minimum atomic E-state index is 0.643. The SMILES string of the molecule is CCSCc1noc(CCC2CCCCN2)n1. The maximum Gasteiger partial charge on any atom is 0.226 e. The predicted octanol–water partition coefficient (Wildman–Crippen LogP) is 2.40. The molecule has 1 fully saturated rings. The van der Waals surface area contributed by atoms with Crippen molar-refractivity contribution >= 4 is 11.8 Å². The lowest BCUT2D eigenvalue weighted by molar-refractivity contribution is 0.341. The Morgan fingerprint density at radius 1 is 1.47 bits per heavy atom. The summed E-state index contributed by atoms with van der Waals surface area (Å²) in [6, 6.07) is 0.643. The number of hydrogen-bond acceptors (Lipinski definition) is 5. The number of nitrogens with one attached hydrogen (secondary N) is 1. The maximum atomic E-state index is 5.25. The van der Waals surface area contributed by atoms with Gasteiger partial charge in [-0.2, -0.15) is 16.7 Å². The second kappa shape index (κ2) is 7.01. The molecular formula is C12H21N3OS. The van der Waals surface area contributed by atoms with Crippen molar-refractivity contribution in [2.75, 3.05) is 12.3 Å². The third-order valence-electron chi connectivity index (χ3n) is 3.06. The normalized spacial score (nSPS) is 20.6. The highest BCUT2D eigenvalue weighted by atomic mass is 32.2. The zero-order valence-electron chi connectivity index (χ0n) is 10.4. The van der Waals surface area contributed by atoms with Gasteiger partial charge in [0.05, 0.1) is 5.75 Å². The highest BCUT2D eigenvalue weighted by molar-refractivity contribution is 7.98. The van der Waals surface area contributed by atoms with Gasteiger partial charge in [0.1, 0.15) is 0 Å². The molecule has 1 aromatic heterocycles. The number of hydrogen-bond donors (Lipinski definition) is 1. The summed E-state index contributed by atoms with van der Waals surface area (Å²) in [5, 5.41) is 7.53. The van der Waals surface area contributed by atoms with Crippen molar-refractivity contribution in [2.24, 2.45) is 0 Å². The molecular weight excluding hydrogens is 234 g/mol. The van der Waals surface area contributed by atoms with Crippen LogP contribution >= 0.6 is 11.8 Å². The lowest BCUT2D eigenvalue weighted by atomic mass is 10.0. The summed E-state index contributed by atoms with van der Waals surface area (Å²) < 4.78 is 5.25. The minimum Gasteiger partial charge on any atom is -0.339 e. The first-order valence-corrected chi connectivity index (χ1v) is 7.66. The Kier molecular flexibility index (Phi) is 5.32. The van der Waals surface area contributed by atoms with Gasteiger partial charge in [0.25, 0.3) is 0 Å². The third-order valence-corrected chi connectivity index (χ3v) is 3.94. The lowest BCUT2D eigenvalue weighted by Crippen LogP contribution is -2.34. The van der Waals surface area contributed by atoms with Crippen molar-refractivity contribution in [3.63, 3.8) is 0 Å². The van der Waals surface area contributed by atoms with Crippen LogP contribution in [-0.4, -0.2) is 28.5 Å². The molecule has 4 nitrogen and oxygen atoms in total. The molecule has 1 aliphatic heterocycles. The van der Waals surface area contributed by atoms with Gasteiger partial charge in [-0.05, 0) is 31.6 Å². The van der Waals surface area contributed by atoms with E-state index < -0.39 is 0 Å². The summed E-state index contributed by atoms with van der Waals surface area (Å²) in [7, 11) is 0. The van der Waals surface area contributed by atoms with Crippen LogP contribution in [0.3, 0.4) is 0 Å². The number of nitrogens with zero attached hydrogens (tertiary/aromatic N) is 2. The molecule has 0 radical (unpaired) electrons. The Labute approximate surface area is 107 Å². The van der Waals surface area contributed by atoms with Gasteiger partial charge in [0.2, 0.25) is 5.89 Å². The van der Waals surface area contributed by atoms with E-state index in [1.54, 1.807) is 0 Å². The van der Waals surface area contributed by atoms with E-state index in [-0.39, 0.29) is 0 Å². The fraction of sp³-hybridized carbons (Fsp3) is 0.833. The highest BCUT2D eigenvalue weighted by Gasteiger charge is 2.14. The van der Waals surface area contributed by atoms with E-state index >= 15 is 0 Å². The Morgan fingerprint density at radius 3 is 3.18 bits per heavy atom. The third kappa shape index (κ3) is 4.32. The first-order valence-electron chi connectivity index (χ1n) is 6.51. The Balaban J connectivity index is 1.72. The van der Waals surface area contributed by atoms with Gasteiger partial charge >= 0.3 is 0 Å². The van der Waals surface area contributed by atoms with Gasteiger partial charge in [-0.15, -0.1) is 0 Å². The van der Waals surface area contributed by atoms with Crippen molar-refractivity contribution in [3.05, 3.63) is 11.7 Å². The van der Waals surface area contributed by atoms with Crippen molar-refractivity contribution in [1.82, 2.24) is 15.5 Å². The van der Waals surface area contributed by atoms with Gasteiger partial charge in [-0.1, -0.05) is 18.5 Å². The minimum absolute atomic E-state index is 0.643. The molecule has 1 saturated heterocycles. The first kappa shape index (κ1) is 12.9. The molecule has 0 bridgehead atoms. The van der Waals surface area contributed by atoms with Gasteiger partial charge in [-0.3, -0.25) is 0 Å². The van der Waals surface area contributed by atoms with Crippen LogP contribution in [0.1, 0.15) is 44.3 Å². The van der Waals surface area contributed by atoms with E-state index in [2.05, 4.69) is 22.4 Å². The summed E-state index contributed by atoms with van der Waals surface area (Å²) in [5.41, 5.74) is 0. The van der Waals surface area contributed by atoms with E-state index in [0.29, 0.717) is 6.04 Å². The molecule has 96 valence electrons. The van der Waals surface area contributed by atoms with E-state index in [1.807, 2.05) is 11.8 Å². The zero-order valence-corrected chi connectivity index (χ0v) is 11.3. The van der Waals surface area contributed by atoms with Crippen molar-refractivity contribution in [2.45, 2.75) is 50.8 Å². The number of aryl methyl sites for hydroxylation is 1. The Bertz CT molecular complexity index is 323. The van der Waals surface area contributed by atoms with E-state index in [1.165, 1.54) is 19.3 Å². The second-order valence-electron chi connectivity index (χ2n) is 4.43. The molecule has 0 saturated carbocycles. The molecule has 17 heavy (non-hydrogen) atoms. The van der Waals surface area contributed by atoms with Crippen LogP contribution in [0.2, 0.25) is 0 Å². The zero-order chi connectivity index (χ0) is 11.9. The number of aromatic nitrogens is 2. The molecule has 0 aliphatic carbocycles. The average molecular weight is 255 g/mol. The number of rotatable bonds is 6. The van der Waals surface area contributed by atoms with Crippen LogP contribution < -0.4 is 5.32 Å². The molecule has 1 atom stereocenters. The van der Waals surface area contributed by atoms with Gasteiger partial charge in [-0.25, -0.2) is 0 Å². The van der Waals surface area contributed by atoms with Crippen LogP contribution in [0.5, 0.6) is 0 Å². The quantitative estimate of drug-likeness (QED) is 0.846. The summed E-state index contributed by atoms with van der Waals surface area (Å²) >= 11 is 1.82. The summed E-state index contributed by atoms with van der Waals surface area (Å²) in [5.74, 6) is 3.59. The molecule has 0 spiro atoms. The smallest absolute Gasteiger partial charge is 0.226 e. The van der Waals surface area contributed by atoms with Crippen LogP contribution in [0.25, 0.3) is 0 Å². The molecule has 2 rings (SSSR count). The van der Waals surface area contributed by atoms with E-state index in [9.17, 15) is 0 Å². The summed E-state index contributed by atoms with van der Waals surface area (Å²) in [6.07, 6.45) is 5.96. The molecule has 2 heterocycles. The maximum absolute atomic E-state index is 5.25. The predicted molar refractivity (Wildman–Crippen MR) is 70.1 cm³/mol. The number of piperidine rings is 1. The van der Waals surface area contributed by atoms with Crippen molar-refractivity contribution in [1.29, 1.82) is 0 Å². The van der Waals surface area contributed by atoms with Crippen LogP contribution in [-0.2, 0) is 12.2 Å². The molecule has 0 aromatic carbocycles. The summed E-state index contributed by atoms with van der Waals surface area (Å²) in [4.78, 5) is 4.41. The van der Waals surface area contributed by atoms with Crippen LogP contribution in [0.15, 0.2) is 4.52 Å². The second-order valence-corrected chi connectivity index (χ2v) is 5.70. The molecule has 1 aliphatic rings. The highest BCUT2D eigenvalue weighted by Crippen LogP contribution is 2.14. The molecule has 1 aromatic rings. The van der Waals surface area contributed by atoms with Gasteiger partial charge < -0.3 is 9.84 Å². The first-order chi connectivity index (χ1) is 8.38. The fourth-order valence-corrected chi connectivity index (χ4v) is 2.62. The van der Waals surface area contributed by atoms with Gasteiger partial charge in [0, 0.05) is 12.5 Å². The molecule has 0 amide bonds. The van der Waals surface area contributed by atoms with Crippen LogP contribution in [0, 0.1) is 0 Å². The summed E-state index contributed by atoms with van der Waals surface area (Å²) in [6.45, 7) is 3.30. The van der Waals surface area contributed by atoms with Crippen LogP contribution in [0.4, 0.5) is 0 Å². The van der Waals surface area contributed by atoms with Gasteiger partial charge in [0.15, 0.2) is 5.82 Å².